The highest BCUT2D eigenvalue weighted by Gasteiger charge is 2.22. The van der Waals surface area contributed by atoms with Crippen molar-refractivity contribution in [1.82, 2.24) is 4.31 Å². The van der Waals surface area contributed by atoms with Crippen molar-refractivity contribution in [3.8, 4) is 5.75 Å². The van der Waals surface area contributed by atoms with Crippen LogP contribution in [0.2, 0.25) is 0 Å². The third kappa shape index (κ3) is 7.14. The van der Waals surface area contributed by atoms with E-state index in [1.54, 1.807) is 24.3 Å². The van der Waals surface area contributed by atoms with E-state index in [0.29, 0.717) is 30.0 Å². The zero-order valence-corrected chi connectivity index (χ0v) is 21.6. The zero-order chi connectivity index (χ0) is 25.3. The minimum atomic E-state index is -3.72. The summed E-state index contributed by atoms with van der Waals surface area (Å²) < 4.78 is 33.7. The average molecular weight is 555 g/mol. The molecule has 0 heterocycles. The van der Waals surface area contributed by atoms with Crippen molar-refractivity contribution in [1.29, 1.82) is 0 Å². The minimum Gasteiger partial charge on any atom is -0.492 e. The number of benzene rings is 3. The van der Waals surface area contributed by atoms with Crippen molar-refractivity contribution >= 4 is 37.5 Å². The van der Waals surface area contributed by atoms with Crippen LogP contribution < -0.4 is 10.1 Å². The predicted molar refractivity (Wildman–Crippen MR) is 143 cm³/mol. The van der Waals surface area contributed by atoms with E-state index in [0.717, 1.165) is 10.0 Å². The fourth-order valence-electron chi connectivity index (χ4n) is 3.35. The summed E-state index contributed by atoms with van der Waals surface area (Å²) in [5, 5.41) is 2.81. The number of rotatable bonds is 12. The molecule has 0 unspecified atom stereocenters. The summed E-state index contributed by atoms with van der Waals surface area (Å²) in [7, 11) is -3.72. The maximum absolute atomic E-state index is 13.0. The Hall–Kier alpha value is -3.20. The van der Waals surface area contributed by atoms with Gasteiger partial charge in [0.15, 0.2) is 0 Å². The number of carbonyl (C=O) groups excluding carboxylic acids is 1. The molecule has 35 heavy (non-hydrogen) atoms. The average Bonchev–Trinajstić information content (AvgIpc) is 2.85. The zero-order valence-electron chi connectivity index (χ0n) is 19.2. The number of carbonyl (C=O) groups is 1. The van der Waals surface area contributed by atoms with E-state index in [2.05, 4.69) is 34.4 Å². The maximum atomic E-state index is 13.0. The number of amides is 1. The van der Waals surface area contributed by atoms with Crippen molar-refractivity contribution in [2.45, 2.75) is 11.3 Å². The van der Waals surface area contributed by atoms with Crippen LogP contribution in [0.4, 0.5) is 5.69 Å². The molecule has 0 aliphatic heterocycles. The fourth-order valence-corrected chi connectivity index (χ4v) is 5.09. The van der Waals surface area contributed by atoms with Crippen LogP contribution in [0.3, 0.4) is 0 Å². The van der Waals surface area contributed by atoms with Crippen molar-refractivity contribution in [3.63, 3.8) is 0 Å². The normalized spacial score (nSPS) is 11.1. The standard InChI is InChI=1S/C27H27BrN2O4S/c1-3-17-30(18-4-2)35(32,33)24-13-11-23(12-14-24)29-27(31)25-20-22(28)10-15-26(25)34-19-16-21-8-6-5-7-9-21/h3-15,20H,1-2,16-19H2,(H,29,31). The highest BCUT2D eigenvalue weighted by atomic mass is 79.9. The first kappa shape index (κ1) is 26.4. The molecule has 0 aliphatic carbocycles. The number of hydrogen-bond donors (Lipinski definition) is 1. The molecule has 3 rings (SSSR count). The van der Waals surface area contributed by atoms with Crippen LogP contribution >= 0.6 is 15.9 Å². The Bertz CT molecular complexity index is 1270. The summed E-state index contributed by atoms with van der Waals surface area (Å²) in [5.74, 6) is 0.0990. The van der Waals surface area contributed by atoms with Gasteiger partial charge in [-0.05, 0) is 48.0 Å². The van der Waals surface area contributed by atoms with Crippen LogP contribution in [-0.2, 0) is 16.4 Å². The molecule has 3 aromatic carbocycles. The lowest BCUT2D eigenvalue weighted by Gasteiger charge is -2.19. The van der Waals surface area contributed by atoms with Crippen LogP contribution in [0.25, 0.3) is 0 Å². The van der Waals surface area contributed by atoms with Gasteiger partial charge in [-0.25, -0.2) is 8.42 Å². The van der Waals surface area contributed by atoms with E-state index in [1.807, 2.05) is 36.4 Å². The molecule has 1 amide bonds. The third-order valence-corrected chi connectivity index (χ3v) is 7.43. The number of nitrogens with zero attached hydrogens (tertiary/aromatic N) is 1. The second-order valence-electron chi connectivity index (χ2n) is 7.60. The first-order valence-corrected chi connectivity index (χ1v) is 13.2. The number of sulfonamides is 1. The lowest BCUT2D eigenvalue weighted by Crippen LogP contribution is -2.31. The summed E-state index contributed by atoms with van der Waals surface area (Å²) >= 11 is 3.40. The Morgan fingerprint density at radius 3 is 2.26 bits per heavy atom. The monoisotopic (exact) mass is 554 g/mol. The highest BCUT2D eigenvalue weighted by Crippen LogP contribution is 2.25. The van der Waals surface area contributed by atoms with E-state index in [1.165, 1.54) is 28.6 Å². The van der Waals surface area contributed by atoms with E-state index < -0.39 is 10.0 Å². The lowest BCUT2D eigenvalue weighted by molar-refractivity contribution is 0.102. The van der Waals surface area contributed by atoms with Gasteiger partial charge in [-0.15, -0.1) is 13.2 Å². The third-order valence-electron chi connectivity index (χ3n) is 5.09. The Balaban J connectivity index is 1.72. The molecule has 0 bridgehead atoms. The molecule has 0 aliphatic rings. The summed E-state index contributed by atoms with van der Waals surface area (Å²) in [5.41, 5.74) is 1.97. The second kappa shape index (κ2) is 12.5. The molecule has 6 nitrogen and oxygen atoms in total. The summed E-state index contributed by atoms with van der Waals surface area (Å²) in [6.45, 7) is 7.98. The van der Waals surface area contributed by atoms with Crippen LogP contribution in [0, 0.1) is 0 Å². The number of anilines is 1. The smallest absolute Gasteiger partial charge is 0.259 e. The Morgan fingerprint density at radius 2 is 1.63 bits per heavy atom. The second-order valence-corrected chi connectivity index (χ2v) is 10.5. The molecule has 0 aromatic heterocycles. The molecular weight excluding hydrogens is 528 g/mol. The first-order valence-electron chi connectivity index (χ1n) is 10.9. The Morgan fingerprint density at radius 1 is 0.971 bits per heavy atom. The Kier molecular flexibility index (Phi) is 9.42. The SMILES string of the molecule is C=CCN(CC=C)S(=O)(=O)c1ccc(NC(=O)c2cc(Br)ccc2OCCc2ccccc2)cc1. The van der Waals surface area contributed by atoms with Gasteiger partial charge in [0.25, 0.3) is 5.91 Å². The molecule has 8 heteroatoms. The van der Waals surface area contributed by atoms with Gasteiger partial charge in [0.1, 0.15) is 5.75 Å². The van der Waals surface area contributed by atoms with Gasteiger partial charge in [-0.1, -0.05) is 58.4 Å². The maximum Gasteiger partial charge on any atom is 0.259 e. The van der Waals surface area contributed by atoms with Gasteiger partial charge >= 0.3 is 0 Å². The van der Waals surface area contributed by atoms with Crippen LogP contribution in [0.1, 0.15) is 15.9 Å². The number of hydrogen-bond acceptors (Lipinski definition) is 4. The molecule has 0 saturated carbocycles. The van der Waals surface area contributed by atoms with Gasteiger partial charge < -0.3 is 10.1 Å². The molecule has 1 N–H and O–H groups in total. The van der Waals surface area contributed by atoms with Crippen molar-refractivity contribution in [3.05, 3.63) is 114 Å². The van der Waals surface area contributed by atoms with Crippen LogP contribution in [0.15, 0.2) is 107 Å². The van der Waals surface area contributed by atoms with Crippen molar-refractivity contribution in [2.24, 2.45) is 0 Å². The van der Waals surface area contributed by atoms with E-state index in [9.17, 15) is 13.2 Å². The topological polar surface area (TPSA) is 75.7 Å². The van der Waals surface area contributed by atoms with Gasteiger partial charge in [-0.3, -0.25) is 4.79 Å². The molecule has 0 atom stereocenters. The Labute approximate surface area is 215 Å². The van der Waals surface area contributed by atoms with Crippen LogP contribution in [-0.4, -0.2) is 38.3 Å². The summed E-state index contributed by atoms with van der Waals surface area (Å²) in [4.78, 5) is 13.1. The van der Waals surface area contributed by atoms with E-state index in [-0.39, 0.29) is 23.9 Å². The van der Waals surface area contributed by atoms with Gasteiger partial charge in [-0.2, -0.15) is 4.31 Å². The van der Waals surface area contributed by atoms with Crippen molar-refractivity contribution in [2.75, 3.05) is 25.0 Å². The van der Waals surface area contributed by atoms with Gasteiger partial charge in [0, 0.05) is 29.7 Å². The molecule has 3 aromatic rings. The van der Waals surface area contributed by atoms with Crippen LogP contribution in [0.5, 0.6) is 5.75 Å². The first-order chi connectivity index (χ1) is 16.8. The number of nitrogens with one attached hydrogen (secondary N) is 1. The largest absolute Gasteiger partial charge is 0.492 e. The molecular formula is C27H27BrN2O4S. The summed E-state index contributed by atoms with van der Waals surface area (Å²) in [6.07, 6.45) is 3.75. The van der Waals surface area contributed by atoms with Gasteiger partial charge in [0.05, 0.1) is 17.1 Å². The van der Waals surface area contributed by atoms with E-state index >= 15 is 0 Å². The molecule has 0 spiro atoms. The van der Waals surface area contributed by atoms with Gasteiger partial charge in [0.2, 0.25) is 10.0 Å². The minimum absolute atomic E-state index is 0.117. The lowest BCUT2D eigenvalue weighted by atomic mass is 10.1. The van der Waals surface area contributed by atoms with Crippen molar-refractivity contribution < 1.29 is 17.9 Å². The highest BCUT2D eigenvalue weighted by molar-refractivity contribution is 9.10. The fraction of sp³-hybridized carbons (Fsp3) is 0.148. The molecule has 0 saturated heterocycles. The number of ether oxygens (including phenoxy) is 1. The number of halogens is 1. The molecule has 0 radical (unpaired) electrons. The quantitative estimate of drug-likeness (QED) is 0.292. The predicted octanol–water partition coefficient (Wildman–Crippen LogP) is 5.69. The summed E-state index contributed by atoms with van der Waals surface area (Å²) in [6, 6.07) is 21.2. The van der Waals surface area contributed by atoms with E-state index in [4.69, 9.17) is 4.74 Å². The molecule has 0 fully saturated rings. The molecule has 182 valence electrons.